The number of carbonyl (C=O) groups is 10. The molecule has 0 heterocycles. The number of ketones is 1. The number of benzene rings is 1. The summed E-state index contributed by atoms with van der Waals surface area (Å²) in [4.78, 5) is 146. The SMILES string of the molecule is CC[C@H](C)[C@H](NC(=O)[C@H](CCCN=C(N)N)NC(=O)[C@H](CC(=O)O)NC(=O)[C@H](CC(C)C)NC(=O)[C@@H](N)CCCN=C(N)N)C(=O)N[C@@H](Cc1ccccc1)C(=O)N[C@@H](CCCN=C(N)N)C(=O)N[C@@H](CS)C(=O)C(N)=O. The molecule has 29 nitrogen and oxygen atoms in total. The van der Waals surface area contributed by atoms with Crippen molar-refractivity contribution in [2.45, 2.75) is 140 Å². The van der Waals surface area contributed by atoms with E-state index in [1.807, 2.05) is 0 Å². The van der Waals surface area contributed by atoms with Crippen LogP contribution < -0.4 is 83.1 Å². The summed E-state index contributed by atoms with van der Waals surface area (Å²) in [5.41, 5.74) is 44.4. The summed E-state index contributed by atoms with van der Waals surface area (Å²) in [5, 5.41) is 27.6. The second kappa shape index (κ2) is 35.5. The minimum Gasteiger partial charge on any atom is -0.481 e. The maximum Gasteiger partial charge on any atom is 0.305 e. The van der Waals surface area contributed by atoms with E-state index in [0.717, 1.165) is 0 Å². The highest BCUT2D eigenvalue weighted by molar-refractivity contribution is 7.80. The van der Waals surface area contributed by atoms with Crippen molar-refractivity contribution < 1.29 is 53.1 Å². The number of thiol groups is 1. The van der Waals surface area contributed by atoms with Crippen molar-refractivity contribution in [3.8, 4) is 0 Å². The molecule has 0 fully saturated rings. The van der Waals surface area contributed by atoms with Crippen LogP contribution in [0.1, 0.15) is 91.0 Å². The Hall–Kier alpha value is -7.76. The minimum atomic E-state index is -1.80. The number of nitrogens with zero attached hydrogens (tertiary/aromatic N) is 3. The Labute approximate surface area is 452 Å². The lowest BCUT2D eigenvalue weighted by Gasteiger charge is -2.30. The zero-order valence-corrected chi connectivity index (χ0v) is 44.9. The highest BCUT2D eigenvalue weighted by Gasteiger charge is 2.36. The van der Waals surface area contributed by atoms with Gasteiger partial charge in [0.25, 0.3) is 5.91 Å². The molecule has 0 aliphatic carbocycles. The van der Waals surface area contributed by atoms with E-state index >= 15 is 0 Å². The van der Waals surface area contributed by atoms with E-state index in [2.05, 4.69) is 64.8 Å². The molecule has 8 amide bonds. The third-order valence-electron chi connectivity index (χ3n) is 11.6. The summed E-state index contributed by atoms with van der Waals surface area (Å²) >= 11 is 4.05. The van der Waals surface area contributed by atoms with Gasteiger partial charge in [-0.25, -0.2) is 0 Å². The number of guanidine groups is 3. The monoisotopic (exact) mass is 1100 g/mol. The zero-order chi connectivity index (χ0) is 58.4. The number of aliphatic carboxylic acids is 1. The molecule has 0 saturated heterocycles. The minimum absolute atomic E-state index is 0.0279. The lowest BCUT2D eigenvalue weighted by atomic mass is 9.96. The molecule has 0 bridgehead atoms. The van der Waals surface area contributed by atoms with E-state index < -0.39 is 120 Å². The Morgan fingerprint density at radius 2 is 0.961 bits per heavy atom. The van der Waals surface area contributed by atoms with Gasteiger partial charge in [0.05, 0.1) is 12.5 Å². The number of rotatable bonds is 37. The third kappa shape index (κ3) is 27.0. The molecular formula is C47H80N18O11S. The Bertz CT molecular complexity index is 2240. The average molecular weight is 1110 g/mol. The fourth-order valence-electron chi connectivity index (χ4n) is 7.29. The number of carboxylic acid groups (broad SMARTS) is 1. The van der Waals surface area contributed by atoms with Gasteiger partial charge in [0.2, 0.25) is 47.1 Å². The molecule has 0 spiro atoms. The molecule has 0 unspecified atom stereocenters. The van der Waals surface area contributed by atoms with Crippen LogP contribution in [0.15, 0.2) is 45.3 Å². The van der Waals surface area contributed by atoms with E-state index in [-0.39, 0.29) is 101 Å². The maximum atomic E-state index is 14.5. The number of carbonyl (C=O) groups excluding carboxylic acids is 9. The second-order valence-corrected chi connectivity index (χ2v) is 18.9. The van der Waals surface area contributed by atoms with Crippen molar-refractivity contribution in [3.05, 3.63) is 35.9 Å². The summed E-state index contributed by atoms with van der Waals surface area (Å²) in [6.45, 7) is 7.08. The zero-order valence-electron chi connectivity index (χ0n) is 44.0. The van der Waals surface area contributed by atoms with Gasteiger partial charge in [-0.3, -0.25) is 62.9 Å². The number of carboxylic acids is 1. The van der Waals surface area contributed by atoms with Gasteiger partial charge in [-0.1, -0.05) is 64.4 Å². The standard InChI is InChI=1S/C47H80N18O11S/c1-5-25(4)35(44(76)63-31(21-26-12-7-6-8-13-26)42(74)59-28(15-10-18-57-46(52)53)39(71)64-33(23-77)36(68)37(49)69)65-40(72)29(16-11-19-58-47(54)55)60-43(75)32(22-34(66)67)62-41(73)30(20-24(2)3)61-38(70)27(48)14-9-17-56-45(50)51/h6-8,12-13,24-25,27-33,35,77H,5,9-11,14-23,48H2,1-4H3,(H2,49,69)(H,59,74)(H,60,75)(H,61,70)(H,62,73)(H,63,76)(H,64,71)(H,65,72)(H,66,67)(H4,50,51,56)(H4,52,53,57)(H4,54,55,58)/t25-,27-,28-,29-,30-,31-,32-,33-,35-/m0/s1. The van der Waals surface area contributed by atoms with E-state index in [0.29, 0.717) is 12.0 Å². The number of hydrogen-bond acceptors (Lipinski definition) is 15. The quantitative estimate of drug-likeness (QED) is 0.00973. The average Bonchev–Trinajstić information content (AvgIpc) is 3.36. The van der Waals surface area contributed by atoms with E-state index in [4.69, 9.17) is 45.9 Å². The first kappa shape index (κ1) is 67.3. The molecule has 77 heavy (non-hydrogen) atoms. The molecule has 1 aromatic rings. The van der Waals surface area contributed by atoms with Crippen LogP contribution in [0.2, 0.25) is 0 Å². The highest BCUT2D eigenvalue weighted by Crippen LogP contribution is 2.14. The van der Waals surface area contributed by atoms with Crippen LogP contribution in [0, 0.1) is 11.8 Å². The molecule has 430 valence electrons. The largest absolute Gasteiger partial charge is 0.481 e. The molecule has 24 N–H and O–H groups in total. The summed E-state index contributed by atoms with van der Waals surface area (Å²) < 4.78 is 0. The smallest absolute Gasteiger partial charge is 0.305 e. The molecule has 30 heteroatoms. The van der Waals surface area contributed by atoms with Gasteiger partial charge in [0, 0.05) is 31.8 Å². The number of nitrogens with one attached hydrogen (secondary N) is 7. The van der Waals surface area contributed by atoms with E-state index in [1.165, 1.54) is 0 Å². The van der Waals surface area contributed by atoms with Crippen LogP contribution in [-0.2, 0) is 54.4 Å². The lowest BCUT2D eigenvalue weighted by Crippen LogP contribution is -2.61. The van der Waals surface area contributed by atoms with Crippen LogP contribution >= 0.6 is 12.6 Å². The number of amides is 8. The molecule has 0 aliphatic heterocycles. The summed E-state index contributed by atoms with van der Waals surface area (Å²) in [6.07, 6.45) is -0.379. The van der Waals surface area contributed by atoms with E-state index in [1.54, 1.807) is 58.0 Å². The molecule has 1 aromatic carbocycles. The molecular weight excluding hydrogens is 1020 g/mol. The number of aliphatic imine (C=N–C) groups is 3. The normalized spacial score (nSPS) is 14.4. The van der Waals surface area contributed by atoms with Gasteiger partial charge in [-0.15, -0.1) is 0 Å². The molecule has 1 rings (SSSR count). The summed E-state index contributed by atoms with van der Waals surface area (Å²) in [5.74, 6) is -12.1. The Morgan fingerprint density at radius 3 is 1.42 bits per heavy atom. The fourth-order valence-corrected chi connectivity index (χ4v) is 7.55. The van der Waals surface area contributed by atoms with Crippen molar-refractivity contribution in [2.24, 2.45) is 72.7 Å². The van der Waals surface area contributed by atoms with Crippen LogP contribution in [0.4, 0.5) is 0 Å². The first-order valence-corrected chi connectivity index (χ1v) is 25.6. The van der Waals surface area contributed by atoms with Gasteiger partial charge >= 0.3 is 5.97 Å². The molecule has 0 aromatic heterocycles. The molecule has 0 aliphatic rings. The van der Waals surface area contributed by atoms with Crippen molar-refractivity contribution >= 4 is 89.5 Å². The second-order valence-electron chi connectivity index (χ2n) is 18.5. The van der Waals surface area contributed by atoms with Crippen molar-refractivity contribution in [2.75, 3.05) is 25.4 Å². The van der Waals surface area contributed by atoms with Gasteiger partial charge in [-0.2, -0.15) is 12.6 Å². The molecule has 0 saturated carbocycles. The van der Waals surface area contributed by atoms with Gasteiger partial charge in [-0.05, 0) is 62.3 Å². The van der Waals surface area contributed by atoms with E-state index in [9.17, 15) is 53.1 Å². The van der Waals surface area contributed by atoms with Crippen LogP contribution in [-0.4, -0.2) is 156 Å². The first-order chi connectivity index (χ1) is 36.2. The predicted octanol–water partition coefficient (Wildman–Crippen LogP) is -5.34. The highest BCUT2D eigenvalue weighted by atomic mass is 32.1. The van der Waals surface area contributed by atoms with Crippen LogP contribution in [0.3, 0.4) is 0 Å². The van der Waals surface area contributed by atoms with Crippen molar-refractivity contribution in [1.82, 2.24) is 37.2 Å². The van der Waals surface area contributed by atoms with Gasteiger partial charge in [0.1, 0.15) is 42.3 Å². The van der Waals surface area contributed by atoms with Crippen LogP contribution in [0.5, 0.6) is 0 Å². The Balaban J connectivity index is 3.64. The number of hydrogen-bond donors (Lipinski definition) is 17. The van der Waals surface area contributed by atoms with Crippen molar-refractivity contribution in [1.29, 1.82) is 0 Å². The number of primary amides is 1. The third-order valence-corrected chi connectivity index (χ3v) is 11.9. The number of nitrogens with two attached hydrogens (primary N) is 8. The molecule has 0 radical (unpaired) electrons. The summed E-state index contributed by atoms with van der Waals surface area (Å²) in [7, 11) is 0. The Kier molecular flexibility index (Phi) is 31.0. The fraction of sp³-hybridized carbons (Fsp3) is 0.596. The topological polar surface area (TPSA) is 520 Å². The van der Waals surface area contributed by atoms with Gasteiger partial charge in [0.15, 0.2) is 17.9 Å². The Morgan fingerprint density at radius 1 is 0.545 bits per heavy atom. The summed E-state index contributed by atoms with van der Waals surface area (Å²) in [6, 6.07) is -2.89. The molecule has 9 atom stereocenters. The van der Waals surface area contributed by atoms with Crippen molar-refractivity contribution in [3.63, 3.8) is 0 Å². The maximum absolute atomic E-state index is 14.5. The lowest BCUT2D eigenvalue weighted by molar-refractivity contribution is -0.141. The van der Waals surface area contributed by atoms with Crippen LogP contribution in [0.25, 0.3) is 0 Å². The number of Topliss-reactive ketones (excluding diaryl/α,β-unsaturated/α-hetero) is 1. The first-order valence-electron chi connectivity index (χ1n) is 24.9. The predicted molar refractivity (Wildman–Crippen MR) is 291 cm³/mol. The van der Waals surface area contributed by atoms with Gasteiger partial charge < -0.3 is 88.2 Å².